The highest BCUT2D eigenvalue weighted by molar-refractivity contribution is 8.93. The fraction of sp³-hybridized carbons (Fsp3) is 0.500. The minimum Gasteiger partial charge on any atom is -0.453 e. The first-order chi connectivity index (χ1) is 8.17. The zero-order valence-corrected chi connectivity index (χ0v) is 13.9. The summed E-state index contributed by atoms with van der Waals surface area (Å²) in [5.74, 6) is 0.329. The highest BCUT2D eigenvalue weighted by Crippen LogP contribution is 2.40. The Morgan fingerprint density at radius 3 is 2.58 bits per heavy atom. The monoisotopic (exact) mass is 394 g/mol. The molecule has 2 aliphatic heterocycles. The van der Waals surface area contributed by atoms with Gasteiger partial charge in [0.1, 0.15) is 5.75 Å². The van der Waals surface area contributed by atoms with Gasteiger partial charge in [0.15, 0.2) is 0 Å². The maximum Gasteiger partial charge on any atom is 0.239 e. The number of benzene rings is 1. The van der Waals surface area contributed by atoms with Crippen molar-refractivity contribution in [3.63, 3.8) is 0 Å². The van der Waals surface area contributed by atoms with E-state index in [1.165, 1.54) is 0 Å². The Morgan fingerprint density at radius 1 is 1.21 bits per heavy atom. The number of ether oxygens (including phenoxy) is 1. The highest BCUT2D eigenvalue weighted by Gasteiger charge is 2.42. The Kier molecular flexibility index (Phi) is 5.49. The van der Waals surface area contributed by atoms with E-state index in [2.05, 4.69) is 10.6 Å². The number of hydrogen-bond acceptors (Lipinski definition) is 5. The smallest absolute Gasteiger partial charge is 0.239 e. The van der Waals surface area contributed by atoms with Crippen LogP contribution in [0.15, 0.2) is 18.2 Å². The van der Waals surface area contributed by atoms with Gasteiger partial charge in [0.05, 0.1) is 5.69 Å². The third kappa shape index (κ3) is 3.16. The third-order valence-electron chi connectivity index (χ3n) is 3.56. The first-order valence-electron chi connectivity index (χ1n) is 6.04. The van der Waals surface area contributed by atoms with Crippen LogP contribution in [0.5, 0.6) is 5.75 Å². The molecule has 0 bridgehead atoms. The van der Waals surface area contributed by atoms with Crippen molar-refractivity contribution in [3.05, 3.63) is 18.2 Å². The summed E-state index contributed by atoms with van der Waals surface area (Å²) in [5, 5.41) is 6.60. The van der Waals surface area contributed by atoms with Crippen molar-refractivity contribution in [2.45, 2.75) is 18.7 Å². The number of anilines is 2. The zero-order chi connectivity index (χ0) is 11.9. The number of fused-ring (bicyclic) bond motifs is 1. The van der Waals surface area contributed by atoms with Gasteiger partial charge in [-0.1, -0.05) is 0 Å². The van der Waals surface area contributed by atoms with Gasteiger partial charge in [-0.2, -0.15) is 0 Å². The van der Waals surface area contributed by atoms with E-state index in [0.717, 1.165) is 43.1 Å². The molecule has 5 nitrogen and oxygen atoms in total. The molecule has 0 spiro atoms. The number of halogens is 2. The summed E-state index contributed by atoms with van der Waals surface area (Å²) in [6, 6.07) is 5.56. The topological polar surface area (TPSA) is 85.3 Å². The number of nitrogens with one attached hydrogen (secondary N) is 2. The summed E-state index contributed by atoms with van der Waals surface area (Å²) in [4.78, 5) is 0. The molecule has 6 N–H and O–H groups in total. The second-order valence-corrected chi connectivity index (χ2v) is 4.80. The van der Waals surface area contributed by atoms with Crippen LogP contribution in [0, 0.1) is 5.92 Å². The minimum atomic E-state index is -0.780. The second kappa shape index (κ2) is 6.30. The van der Waals surface area contributed by atoms with Crippen molar-refractivity contribution >= 4 is 45.3 Å². The lowest BCUT2D eigenvalue weighted by Gasteiger charge is -2.35. The average Bonchev–Trinajstić information content (AvgIpc) is 2.67. The van der Waals surface area contributed by atoms with Crippen LogP contribution in [0.1, 0.15) is 12.8 Å². The van der Waals surface area contributed by atoms with E-state index in [9.17, 15) is 0 Å². The minimum absolute atomic E-state index is 0. The van der Waals surface area contributed by atoms with Gasteiger partial charge in [-0.25, -0.2) is 0 Å². The molecule has 1 aromatic rings. The van der Waals surface area contributed by atoms with E-state index >= 15 is 0 Å². The summed E-state index contributed by atoms with van der Waals surface area (Å²) in [5.41, 5.74) is 13.7. The SMILES string of the molecule is Br.Br.Nc1ccc2c(c1)NC(N)(C1CCNCC1)O2. The summed E-state index contributed by atoms with van der Waals surface area (Å²) in [7, 11) is 0. The largest absolute Gasteiger partial charge is 0.453 e. The quantitative estimate of drug-likeness (QED) is 0.545. The lowest BCUT2D eigenvalue weighted by atomic mass is 9.92. The Balaban J connectivity index is 0.000000902. The van der Waals surface area contributed by atoms with Crippen LogP contribution in [0.25, 0.3) is 0 Å². The molecule has 1 atom stereocenters. The van der Waals surface area contributed by atoms with Gasteiger partial charge in [0.2, 0.25) is 5.85 Å². The molecule has 7 heteroatoms. The molecule has 2 aliphatic rings. The van der Waals surface area contributed by atoms with E-state index < -0.39 is 5.85 Å². The molecule has 0 radical (unpaired) electrons. The number of piperidine rings is 1. The molecular weight excluding hydrogens is 376 g/mol. The fourth-order valence-electron chi connectivity index (χ4n) is 2.59. The fourth-order valence-corrected chi connectivity index (χ4v) is 2.59. The first kappa shape index (κ1) is 16.6. The molecule has 0 saturated carbocycles. The van der Waals surface area contributed by atoms with Gasteiger partial charge < -0.3 is 21.1 Å². The summed E-state index contributed by atoms with van der Waals surface area (Å²) < 4.78 is 5.87. The van der Waals surface area contributed by atoms with Crippen LogP contribution in [0.2, 0.25) is 0 Å². The molecule has 1 aromatic carbocycles. The zero-order valence-electron chi connectivity index (χ0n) is 10.5. The molecule has 1 unspecified atom stereocenters. The van der Waals surface area contributed by atoms with Crippen LogP contribution in [-0.2, 0) is 0 Å². The van der Waals surface area contributed by atoms with E-state index in [-0.39, 0.29) is 34.0 Å². The van der Waals surface area contributed by atoms with Gasteiger partial charge >= 0.3 is 0 Å². The lowest BCUT2D eigenvalue weighted by Crippen LogP contribution is -2.58. The maximum atomic E-state index is 6.33. The van der Waals surface area contributed by atoms with Crippen LogP contribution < -0.4 is 26.8 Å². The predicted molar refractivity (Wildman–Crippen MR) is 88.3 cm³/mol. The Bertz CT molecular complexity index is 440. The maximum absolute atomic E-state index is 6.33. The van der Waals surface area contributed by atoms with Crippen LogP contribution in [0.4, 0.5) is 11.4 Å². The molecular formula is C12H20Br2N4O. The van der Waals surface area contributed by atoms with Gasteiger partial charge in [-0.3, -0.25) is 5.73 Å². The van der Waals surface area contributed by atoms with Crippen molar-refractivity contribution < 1.29 is 4.74 Å². The average molecular weight is 396 g/mol. The molecule has 0 amide bonds. The second-order valence-electron chi connectivity index (χ2n) is 4.80. The normalized spacial score (nSPS) is 25.3. The summed E-state index contributed by atoms with van der Waals surface area (Å²) >= 11 is 0. The predicted octanol–water partition coefficient (Wildman–Crippen LogP) is 1.84. The standard InChI is InChI=1S/C12H18N4O.2BrH/c13-9-1-2-11-10(7-9)16-12(14,17-11)8-3-5-15-6-4-8;;/h1-2,7-8,15-16H,3-6,13-14H2;2*1H. The van der Waals surface area contributed by atoms with Gasteiger partial charge in [0.25, 0.3) is 0 Å². The number of nitrogens with two attached hydrogens (primary N) is 2. The molecule has 0 aromatic heterocycles. The van der Waals surface area contributed by atoms with Crippen LogP contribution in [0.3, 0.4) is 0 Å². The number of nitrogen functional groups attached to an aromatic ring is 1. The van der Waals surface area contributed by atoms with E-state index in [4.69, 9.17) is 16.2 Å². The van der Waals surface area contributed by atoms with E-state index in [0.29, 0.717) is 5.92 Å². The molecule has 3 rings (SSSR count). The highest BCUT2D eigenvalue weighted by atomic mass is 79.9. The Morgan fingerprint density at radius 2 is 1.89 bits per heavy atom. The molecule has 19 heavy (non-hydrogen) atoms. The molecule has 2 heterocycles. The van der Waals surface area contributed by atoms with Gasteiger partial charge in [-0.05, 0) is 44.1 Å². The summed E-state index contributed by atoms with van der Waals surface area (Å²) in [6.45, 7) is 1.99. The Hall–Kier alpha value is -0.500. The van der Waals surface area contributed by atoms with Gasteiger partial charge in [-0.15, -0.1) is 34.0 Å². The Labute approximate surface area is 134 Å². The van der Waals surface area contributed by atoms with Crippen molar-refractivity contribution in [1.29, 1.82) is 0 Å². The number of rotatable bonds is 1. The van der Waals surface area contributed by atoms with Gasteiger partial charge in [0, 0.05) is 11.6 Å². The van der Waals surface area contributed by atoms with E-state index in [1.807, 2.05) is 18.2 Å². The lowest BCUT2D eigenvalue weighted by molar-refractivity contribution is 0.0407. The number of hydrogen-bond donors (Lipinski definition) is 4. The van der Waals surface area contributed by atoms with E-state index in [1.54, 1.807) is 0 Å². The molecule has 1 fully saturated rings. The molecule has 0 aliphatic carbocycles. The first-order valence-corrected chi connectivity index (χ1v) is 6.04. The van der Waals surface area contributed by atoms with Crippen molar-refractivity contribution in [3.8, 4) is 5.75 Å². The molecule has 1 saturated heterocycles. The summed E-state index contributed by atoms with van der Waals surface area (Å²) in [6.07, 6.45) is 2.04. The van der Waals surface area contributed by atoms with Crippen LogP contribution >= 0.6 is 34.0 Å². The van der Waals surface area contributed by atoms with Crippen molar-refractivity contribution in [2.24, 2.45) is 11.7 Å². The molecule has 108 valence electrons. The third-order valence-corrected chi connectivity index (χ3v) is 3.56. The van der Waals surface area contributed by atoms with Crippen molar-refractivity contribution in [2.75, 3.05) is 24.1 Å². The van der Waals surface area contributed by atoms with Crippen LogP contribution in [-0.4, -0.2) is 18.9 Å². The van der Waals surface area contributed by atoms with Crippen molar-refractivity contribution in [1.82, 2.24) is 5.32 Å².